The van der Waals surface area contributed by atoms with Crippen molar-refractivity contribution < 1.29 is 20.4 Å². The van der Waals surface area contributed by atoms with Crippen LogP contribution in [0.15, 0.2) is 40.2 Å². The van der Waals surface area contributed by atoms with Gasteiger partial charge in [-0.1, -0.05) is 31.2 Å². The molecule has 29 heavy (non-hydrogen) atoms. The van der Waals surface area contributed by atoms with Gasteiger partial charge in [-0.25, -0.2) is 0 Å². The molecule has 0 saturated heterocycles. The lowest BCUT2D eigenvalue weighted by atomic mass is 9.89. The second-order valence-corrected chi connectivity index (χ2v) is 10.8. The van der Waals surface area contributed by atoms with Gasteiger partial charge in [0.15, 0.2) is 0 Å². The van der Waals surface area contributed by atoms with Gasteiger partial charge in [0.25, 0.3) is 0 Å². The minimum atomic E-state index is -0.564. The largest absolute Gasteiger partial charge is 0.396 e. The summed E-state index contributed by atoms with van der Waals surface area (Å²) in [6, 6.07) is 4.08. The Morgan fingerprint density at radius 2 is 2.00 bits per heavy atom. The molecule has 1 aromatic rings. The number of aryl methyl sites for hydroxylation is 1. The average Bonchev–Trinajstić information content (AvgIpc) is 3.23. The Morgan fingerprint density at radius 3 is 2.69 bits per heavy atom. The third-order valence-electron chi connectivity index (χ3n) is 5.74. The highest BCUT2D eigenvalue weighted by Crippen LogP contribution is 2.36. The highest BCUT2D eigenvalue weighted by Gasteiger charge is 2.39. The number of aliphatic hydroxyl groups is 4. The Kier molecular flexibility index (Phi) is 11.1. The summed E-state index contributed by atoms with van der Waals surface area (Å²) in [7, 11) is 0. The minimum Gasteiger partial charge on any atom is -0.396 e. The first-order valence-electron chi connectivity index (χ1n) is 10.6. The third kappa shape index (κ3) is 8.64. The number of thiophene rings is 1. The van der Waals surface area contributed by atoms with E-state index in [1.165, 1.54) is 4.88 Å². The van der Waals surface area contributed by atoms with Crippen LogP contribution in [0.3, 0.4) is 0 Å². The zero-order valence-electron chi connectivity index (χ0n) is 17.2. The summed E-state index contributed by atoms with van der Waals surface area (Å²) < 4.78 is 1.10. The van der Waals surface area contributed by atoms with Gasteiger partial charge < -0.3 is 20.4 Å². The first kappa shape index (κ1) is 24.8. The molecule has 6 heteroatoms. The van der Waals surface area contributed by atoms with E-state index in [9.17, 15) is 15.3 Å². The molecule has 1 saturated carbocycles. The molecule has 1 aliphatic carbocycles. The molecule has 0 radical (unpaired) electrons. The number of halogens is 1. The van der Waals surface area contributed by atoms with Crippen molar-refractivity contribution in [2.45, 2.75) is 70.2 Å². The highest BCUT2D eigenvalue weighted by molar-refractivity contribution is 9.11. The van der Waals surface area contributed by atoms with E-state index in [0.717, 1.165) is 35.9 Å². The maximum absolute atomic E-state index is 10.3. The number of hydrogen-bond donors (Lipinski definition) is 4. The van der Waals surface area contributed by atoms with Crippen LogP contribution in [0.5, 0.6) is 0 Å². The normalized spacial score (nSPS) is 27.2. The molecule has 4 nitrogen and oxygen atoms in total. The summed E-state index contributed by atoms with van der Waals surface area (Å²) in [5, 5.41) is 40.0. The zero-order valence-corrected chi connectivity index (χ0v) is 19.6. The first-order valence-corrected chi connectivity index (χ1v) is 12.2. The lowest BCUT2D eigenvalue weighted by molar-refractivity contribution is 0.120. The van der Waals surface area contributed by atoms with Crippen LogP contribution in [-0.4, -0.2) is 45.3 Å². The number of unbranched alkanes of at least 4 members (excludes halogenated alkanes) is 1. The molecule has 4 N–H and O–H groups in total. The van der Waals surface area contributed by atoms with Gasteiger partial charge >= 0.3 is 0 Å². The SMILES string of the molecule is CC(CO)CCC/C=C\C[C@@H]1[C@@H](/C=C/[C@@H](O)CCc2ccc(Br)s2)[C@H](O)C[C@@H]1O. The molecule has 1 fully saturated rings. The molecule has 1 unspecified atom stereocenters. The Balaban J connectivity index is 1.79. The summed E-state index contributed by atoms with van der Waals surface area (Å²) >= 11 is 5.13. The second kappa shape index (κ2) is 13.0. The van der Waals surface area contributed by atoms with Gasteiger partial charge in [-0.3, -0.25) is 0 Å². The predicted octanol–water partition coefficient (Wildman–Crippen LogP) is 4.46. The number of allylic oxidation sites excluding steroid dienone is 2. The van der Waals surface area contributed by atoms with E-state index in [0.29, 0.717) is 18.8 Å². The quantitative estimate of drug-likeness (QED) is 0.259. The van der Waals surface area contributed by atoms with Crippen LogP contribution in [0.2, 0.25) is 0 Å². The Bertz CT molecular complexity index is 645. The van der Waals surface area contributed by atoms with Crippen molar-refractivity contribution in [1.29, 1.82) is 0 Å². The number of hydrogen-bond acceptors (Lipinski definition) is 5. The van der Waals surface area contributed by atoms with Crippen LogP contribution in [0, 0.1) is 17.8 Å². The van der Waals surface area contributed by atoms with E-state index in [1.54, 1.807) is 17.4 Å². The van der Waals surface area contributed by atoms with E-state index in [4.69, 9.17) is 5.11 Å². The molecule has 2 rings (SSSR count). The molecule has 0 aromatic carbocycles. The summed E-state index contributed by atoms with van der Waals surface area (Å²) in [6.45, 7) is 2.28. The first-order chi connectivity index (χ1) is 13.9. The molecule has 6 atom stereocenters. The zero-order chi connectivity index (χ0) is 21.2. The molecule has 0 amide bonds. The van der Waals surface area contributed by atoms with Crippen molar-refractivity contribution in [3.8, 4) is 0 Å². The lowest BCUT2D eigenvalue weighted by Crippen LogP contribution is -2.20. The van der Waals surface area contributed by atoms with Crippen LogP contribution in [-0.2, 0) is 6.42 Å². The van der Waals surface area contributed by atoms with Crippen molar-refractivity contribution in [3.63, 3.8) is 0 Å². The molecular weight excluding hydrogens is 452 g/mol. The van der Waals surface area contributed by atoms with E-state index >= 15 is 0 Å². The highest BCUT2D eigenvalue weighted by atomic mass is 79.9. The van der Waals surface area contributed by atoms with Gasteiger partial charge in [-0.15, -0.1) is 11.3 Å². The smallest absolute Gasteiger partial charge is 0.0724 e. The van der Waals surface area contributed by atoms with Crippen LogP contribution in [0.1, 0.15) is 50.3 Å². The topological polar surface area (TPSA) is 80.9 Å². The van der Waals surface area contributed by atoms with Gasteiger partial charge in [0.2, 0.25) is 0 Å². The molecule has 0 spiro atoms. The Morgan fingerprint density at radius 1 is 1.21 bits per heavy atom. The fourth-order valence-electron chi connectivity index (χ4n) is 3.88. The molecule has 164 valence electrons. The van der Waals surface area contributed by atoms with E-state index in [1.807, 2.05) is 19.1 Å². The van der Waals surface area contributed by atoms with Gasteiger partial charge in [-0.2, -0.15) is 0 Å². The van der Waals surface area contributed by atoms with Crippen molar-refractivity contribution in [2.24, 2.45) is 17.8 Å². The Labute approximate surface area is 187 Å². The molecular formula is C23H35BrO4S. The van der Waals surface area contributed by atoms with E-state index < -0.39 is 18.3 Å². The summed E-state index contributed by atoms with van der Waals surface area (Å²) in [5.41, 5.74) is 0. The number of rotatable bonds is 12. The fourth-order valence-corrected chi connectivity index (χ4v) is 5.38. The summed E-state index contributed by atoms with van der Waals surface area (Å²) in [4.78, 5) is 1.23. The molecule has 1 aliphatic rings. The maximum atomic E-state index is 10.3. The molecule has 0 aliphatic heterocycles. The second-order valence-electron chi connectivity index (χ2n) is 8.23. The summed E-state index contributed by atoms with van der Waals surface area (Å²) in [6.07, 6.45) is 11.9. The lowest BCUT2D eigenvalue weighted by Gasteiger charge is -2.19. The van der Waals surface area contributed by atoms with Crippen LogP contribution in [0.25, 0.3) is 0 Å². The average molecular weight is 488 g/mol. The van der Waals surface area contributed by atoms with Gasteiger partial charge in [0.1, 0.15) is 0 Å². The molecule has 0 bridgehead atoms. The Hall–Kier alpha value is -0.500. The van der Waals surface area contributed by atoms with Crippen molar-refractivity contribution >= 4 is 27.3 Å². The van der Waals surface area contributed by atoms with Gasteiger partial charge in [0, 0.05) is 23.8 Å². The van der Waals surface area contributed by atoms with Crippen molar-refractivity contribution in [1.82, 2.24) is 0 Å². The molecule has 1 heterocycles. The standard InChI is InChI=1S/C23H35BrO4S/c1-16(15-25)6-4-2-3-5-7-19-20(22(28)14-21(19)27)12-9-17(26)8-10-18-11-13-23(24)29-18/h3,5,9,11-13,16-17,19-22,25-28H,2,4,6-8,10,14-15H2,1H3/b5-3-,12-9+/t16?,17-,19+,20+,21-,22+/m0/s1. The fraction of sp³-hybridized carbons (Fsp3) is 0.652. The number of aliphatic hydroxyl groups excluding tert-OH is 4. The van der Waals surface area contributed by atoms with E-state index in [-0.39, 0.29) is 18.4 Å². The van der Waals surface area contributed by atoms with Gasteiger partial charge in [-0.05, 0) is 78.4 Å². The third-order valence-corrected chi connectivity index (χ3v) is 7.42. The van der Waals surface area contributed by atoms with Gasteiger partial charge in [0.05, 0.1) is 22.1 Å². The van der Waals surface area contributed by atoms with Crippen molar-refractivity contribution in [2.75, 3.05) is 6.61 Å². The van der Waals surface area contributed by atoms with E-state index in [2.05, 4.69) is 34.1 Å². The molecule has 1 aromatic heterocycles. The maximum Gasteiger partial charge on any atom is 0.0724 e. The predicted molar refractivity (Wildman–Crippen MR) is 123 cm³/mol. The van der Waals surface area contributed by atoms with Crippen molar-refractivity contribution in [3.05, 3.63) is 45.1 Å². The van der Waals surface area contributed by atoms with Crippen LogP contribution < -0.4 is 0 Å². The summed E-state index contributed by atoms with van der Waals surface area (Å²) in [5.74, 6) is 0.196. The van der Waals surface area contributed by atoms with Crippen LogP contribution >= 0.6 is 27.3 Å². The minimum absolute atomic E-state index is 0.0192. The van der Waals surface area contributed by atoms with Crippen LogP contribution in [0.4, 0.5) is 0 Å². The monoisotopic (exact) mass is 486 g/mol.